The molecule has 0 aliphatic carbocycles. The Morgan fingerprint density at radius 1 is 0.929 bits per heavy atom. The maximum atomic E-state index is 13.0. The molecule has 0 atom stereocenters. The first-order valence-corrected chi connectivity index (χ1v) is 10.2. The average molecular weight is 412 g/mol. The molecule has 2 aromatic rings. The number of carbonyl (C=O) groups is 1. The number of rotatable bonds is 5. The smallest absolute Gasteiger partial charge is 0.336 e. The van der Waals surface area contributed by atoms with Gasteiger partial charge in [-0.3, -0.25) is 9.69 Å². The van der Waals surface area contributed by atoms with Gasteiger partial charge in [0.05, 0.1) is 4.90 Å². The Hall–Kier alpha value is -2.39. The van der Waals surface area contributed by atoms with Gasteiger partial charge in [-0.1, -0.05) is 12.1 Å². The highest BCUT2D eigenvalue weighted by Crippen LogP contribution is 2.19. The minimum absolute atomic E-state index is 0.152. The van der Waals surface area contributed by atoms with Gasteiger partial charge in [-0.2, -0.15) is 8.78 Å². The lowest BCUT2D eigenvalue weighted by atomic mass is 10.1. The molecule has 1 fully saturated rings. The van der Waals surface area contributed by atoms with E-state index in [0.717, 1.165) is 5.56 Å². The summed E-state index contributed by atoms with van der Waals surface area (Å²) < 4.78 is 61.0. The summed E-state index contributed by atoms with van der Waals surface area (Å²) in [6.45, 7) is 2.77. The van der Waals surface area contributed by atoms with Crippen LogP contribution in [0, 0.1) is 5.82 Å². The lowest BCUT2D eigenvalue weighted by Gasteiger charge is -2.34. The van der Waals surface area contributed by atoms with Crippen molar-refractivity contribution in [1.29, 1.82) is 0 Å². The van der Waals surface area contributed by atoms with Gasteiger partial charge in [0.25, 0.3) is 5.91 Å². The summed E-state index contributed by atoms with van der Waals surface area (Å²) in [7, 11) is -4.59. The zero-order valence-corrected chi connectivity index (χ0v) is 15.7. The number of benzene rings is 2. The van der Waals surface area contributed by atoms with Crippen molar-refractivity contribution in [2.24, 2.45) is 0 Å². The molecular weight excluding hydrogens is 393 g/mol. The predicted octanol–water partition coefficient (Wildman–Crippen LogP) is 2.78. The number of nitrogens with zero attached hydrogens (tertiary/aromatic N) is 2. The van der Waals surface area contributed by atoms with Crippen molar-refractivity contribution in [3.05, 3.63) is 65.5 Å². The lowest BCUT2D eigenvalue weighted by molar-refractivity contribution is 0.0628. The highest BCUT2D eigenvalue weighted by molar-refractivity contribution is 7.91. The molecule has 0 N–H and O–H groups in total. The van der Waals surface area contributed by atoms with Crippen LogP contribution in [0.25, 0.3) is 0 Å². The zero-order valence-electron chi connectivity index (χ0n) is 14.9. The molecule has 150 valence electrons. The average Bonchev–Trinajstić information content (AvgIpc) is 2.69. The van der Waals surface area contributed by atoms with E-state index in [-0.39, 0.29) is 5.91 Å². The van der Waals surface area contributed by atoms with Gasteiger partial charge >= 0.3 is 5.76 Å². The summed E-state index contributed by atoms with van der Waals surface area (Å²) in [6, 6.07) is 10.8. The van der Waals surface area contributed by atoms with Crippen molar-refractivity contribution in [1.82, 2.24) is 9.80 Å². The third kappa shape index (κ3) is 4.53. The Morgan fingerprint density at radius 3 is 2.04 bits per heavy atom. The van der Waals surface area contributed by atoms with Gasteiger partial charge in [0, 0.05) is 38.3 Å². The fourth-order valence-corrected chi connectivity index (χ4v) is 3.75. The first-order chi connectivity index (χ1) is 13.3. The zero-order chi connectivity index (χ0) is 20.3. The van der Waals surface area contributed by atoms with Gasteiger partial charge in [-0.05, 0) is 42.0 Å². The van der Waals surface area contributed by atoms with E-state index in [1.165, 1.54) is 48.5 Å². The van der Waals surface area contributed by atoms with E-state index in [4.69, 9.17) is 0 Å². The van der Waals surface area contributed by atoms with Crippen molar-refractivity contribution in [2.45, 2.75) is 17.2 Å². The van der Waals surface area contributed by atoms with E-state index in [0.29, 0.717) is 38.3 Å². The highest BCUT2D eigenvalue weighted by atomic mass is 32.2. The Labute approximate surface area is 161 Å². The van der Waals surface area contributed by atoms with Crippen molar-refractivity contribution >= 4 is 15.7 Å². The Morgan fingerprint density at radius 2 is 1.50 bits per heavy atom. The summed E-state index contributed by atoms with van der Waals surface area (Å²) in [5.41, 5.74) is 1.23. The summed E-state index contributed by atoms with van der Waals surface area (Å²) in [6.07, 6.45) is 0. The Bertz CT molecular complexity index is 924. The predicted molar refractivity (Wildman–Crippen MR) is 97.2 cm³/mol. The molecule has 1 heterocycles. The Balaban J connectivity index is 1.56. The summed E-state index contributed by atoms with van der Waals surface area (Å²) in [4.78, 5) is 15.8. The number of halogens is 3. The number of hydrogen-bond donors (Lipinski definition) is 0. The van der Waals surface area contributed by atoms with Gasteiger partial charge in [-0.15, -0.1) is 0 Å². The lowest BCUT2D eigenvalue weighted by Crippen LogP contribution is -2.48. The summed E-state index contributed by atoms with van der Waals surface area (Å²) in [5, 5.41) is 0. The third-order valence-electron chi connectivity index (χ3n) is 4.64. The molecule has 0 bridgehead atoms. The normalized spacial score (nSPS) is 15.8. The molecule has 1 aliphatic rings. The van der Waals surface area contributed by atoms with E-state index in [1.807, 2.05) is 0 Å². The minimum Gasteiger partial charge on any atom is -0.336 e. The molecule has 9 heteroatoms. The van der Waals surface area contributed by atoms with Crippen LogP contribution in [-0.4, -0.2) is 56.1 Å². The van der Waals surface area contributed by atoms with Crippen LogP contribution in [0.1, 0.15) is 15.9 Å². The van der Waals surface area contributed by atoms with Gasteiger partial charge in [0.15, 0.2) is 0 Å². The molecule has 0 saturated carbocycles. The second-order valence-corrected chi connectivity index (χ2v) is 8.44. The number of amides is 1. The monoisotopic (exact) mass is 412 g/mol. The molecule has 0 spiro atoms. The van der Waals surface area contributed by atoms with Crippen LogP contribution in [0.4, 0.5) is 13.2 Å². The molecule has 3 rings (SSSR count). The number of hydrogen-bond acceptors (Lipinski definition) is 4. The number of piperazine rings is 1. The van der Waals surface area contributed by atoms with Gasteiger partial charge in [-0.25, -0.2) is 12.8 Å². The van der Waals surface area contributed by atoms with Crippen LogP contribution >= 0.6 is 0 Å². The molecule has 0 aromatic heterocycles. The molecule has 1 amide bonds. The second kappa shape index (κ2) is 8.32. The first kappa shape index (κ1) is 20.3. The standard InChI is InChI=1S/C19H19F3N2O3S/c20-16-5-3-15(4-6-16)18(25)24-11-9-23(10-12-24)13-14-1-7-17(8-2-14)28(26,27)19(21)22/h1-8,19H,9-13H2. The van der Waals surface area contributed by atoms with Crippen LogP contribution in [0.3, 0.4) is 0 Å². The summed E-state index contributed by atoms with van der Waals surface area (Å²) in [5.74, 6) is -3.99. The molecule has 5 nitrogen and oxygen atoms in total. The number of carbonyl (C=O) groups excluding carboxylic acids is 1. The van der Waals surface area contributed by atoms with Crippen molar-refractivity contribution in [3.8, 4) is 0 Å². The number of sulfone groups is 1. The number of alkyl halides is 2. The van der Waals surface area contributed by atoms with Crippen molar-refractivity contribution in [2.75, 3.05) is 26.2 Å². The maximum Gasteiger partial charge on any atom is 0.341 e. The molecule has 1 saturated heterocycles. The SMILES string of the molecule is O=C(c1ccc(F)cc1)N1CCN(Cc2ccc(S(=O)(=O)C(F)F)cc2)CC1. The van der Waals surface area contributed by atoms with E-state index in [9.17, 15) is 26.4 Å². The molecule has 2 aromatic carbocycles. The van der Waals surface area contributed by atoms with E-state index in [1.54, 1.807) is 4.90 Å². The molecule has 28 heavy (non-hydrogen) atoms. The van der Waals surface area contributed by atoms with Crippen LogP contribution < -0.4 is 0 Å². The van der Waals surface area contributed by atoms with E-state index < -0.39 is 26.3 Å². The van der Waals surface area contributed by atoms with Gasteiger partial charge in [0.2, 0.25) is 9.84 Å². The van der Waals surface area contributed by atoms with Gasteiger partial charge < -0.3 is 4.90 Å². The van der Waals surface area contributed by atoms with Crippen molar-refractivity contribution < 1.29 is 26.4 Å². The topological polar surface area (TPSA) is 57.7 Å². The summed E-state index contributed by atoms with van der Waals surface area (Å²) >= 11 is 0. The minimum atomic E-state index is -4.59. The van der Waals surface area contributed by atoms with Crippen LogP contribution in [0.5, 0.6) is 0 Å². The van der Waals surface area contributed by atoms with E-state index >= 15 is 0 Å². The molecule has 1 aliphatic heterocycles. The van der Waals surface area contributed by atoms with E-state index in [2.05, 4.69) is 4.90 Å². The quantitative estimate of drug-likeness (QED) is 0.758. The maximum absolute atomic E-state index is 13.0. The van der Waals surface area contributed by atoms with Crippen LogP contribution in [0.15, 0.2) is 53.4 Å². The molecule has 0 radical (unpaired) electrons. The fourth-order valence-electron chi connectivity index (χ4n) is 3.03. The largest absolute Gasteiger partial charge is 0.341 e. The van der Waals surface area contributed by atoms with Gasteiger partial charge in [0.1, 0.15) is 5.82 Å². The third-order valence-corrected chi connectivity index (χ3v) is 6.04. The van der Waals surface area contributed by atoms with Crippen LogP contribution in [0.2, 0.25) is 0 Å². The van der Waals surface area contributed by atoms with Crippen molar-refractivity contribution in [3.63, 3.8) is 0 Å². The molecular formula is C19H19F3N2O3S. The first-order valence-electron chi connectivity index (χ1n) is 8.65. The highest BCUT2D eigenvalue weighted by Gasteiger charge is 2.26. The van der Waals surface area contributed by atoms with Crippen LogP contribution in [-0.2, 0) is 16.4 Å². The Kier molecular flexibility index (Phi) is 6.04. The fraction of sp³-hybridized carbons (Fsp3) is 0.316. The second-order valence-electron chi connectivity index (χ2n) is 6.52. The molecule has 0 unspecified atom stereocenters.